The van der Waals surface area contributed by atoms with Crippen LogP contribution >= 0.6 is 12.2 Å². The van der Waals surface area contributed by atoms with E-state index in [9.17, 15) is 10.2 Å². The van der Waals surface area contributed by atoms with Crippen LogP contribution in [0.4, 0.5) is 0 Å². The molecule has 0 radical (unpaired) electrons. The number of unbranched alkanes of at least 4 members (excludes halogenated alkanes) is 5. The molecule has 0 saturated heterocycles. The summed E-state index contributed by atoms with van der Waals surface area (Å²) in [5, 5.41) is 26.4. The van der Waals surface area contributed by atoms with Gasteiger partial charge in [-0.2, -0.15) is 0 Å². The Morgan fingerprint density at radius 2 is 1.74 bits per heavy atom. The van der Waals surface area contributed by atoms with Gasteiger partial charge in [-0.3, -0.25) is 0 Å². The molecule has 0 heterocycles. The maximum absolute atomic E-state index is 10.3. The van der Waals surface area contributed by atoms with E-state index in [1.807, 2.05) is 30.3 Å². The largest absolute Gasteiger partial charge is 0.394 e. The van der Waals surface area contributed by atoms with Crippen LogP contribution in [-0.4, -0.2) is 34.5 Å². The number of rotatable bonds is 11. The van der Waals surface area contributed by atoms with E-state index in [0.29, 0.717) is 5.11 Å². The molecule has 0 fully saturated rings. The van der Waals surface area contributed by atoms with Crippen LogP contribution in [0.15, 0.2) is 30.3 Å². The predicted octanol–water partition coefficient (Wildman–Crippen LogP) is 2.91. The van der Waals surface area contributed by atoms with Gasteiger partial charge in [0.15, 0.2) is 5.11 Å². The van der Waals surface area contributed by atoms with Crippen molar-refractivity contribution in [2.75, 3.05) is 13.2 Å². The molecule has 4 nitrogen and oxygen atoms in total. The Balaban J connectivity index is 2.25. The summed E-state index contributed by atoms with van der Waals surface area (Å²) in [6, 6.07) is 8.78. The lowest BCUT2D eigenvalue weighted by Gasteiger charge is -2.24. The first-order chi connectivity index (χ1) is 11.2. The Labute approximate surface area is 145 Å². The van der Waals surface area contributed by atoms with Crippen molar-refractivity contribution in [3.05, 3.63) is 35.9 Å². The van der Waals surface area contributed by atoms with Crippen LogP contribution in [0.1, 0.15) is 57.1 Å². The number of aliphatic hydroxyl groups is 2. The van der Waals surface area contributed by atoms with Gasteiger partial charge in [0.25, 0.3) is 0 Å². The molecular formula is C18H30N2O2S. The minimum atomic E-state index is -0.796. The number of hydrogen-bond acceptors (Lipinski definition) is 3. The van der Waals surface area contributed by atoms with Gasteiger partial charge in [-0.05, 0) is 24.2 Å². The molecule has 0 saturated carbocycles. The SMILES string of the molecule is CCCCCCCCNC(=S)NC(CO)C(O)c1ccccc1. The van der Waals surface area contributed by atoms with E-state index < -0.39 is 12.1 Å². The molecule has 1 aromatic rings. The van der Waals surface area contributed by atoms with Crippen molar-refractivity contribution in [2.45, 2.75) is 57.6 Å². The second-order valence-electron chi connectivity index (χ2n) is 5.81. The molecule has 1 rings (SSSR count). The van der Waals surface area contributed by atoms with Gasteiger partial charge >= 0.3 is 0 Å². The lowest BCUT2D eigenvalue weighted by atomic mass is 10.0. The molecule has 4 N–H and O–H groups in total. The molecule has 2 atom stereocenters. The van der Waals surface area contributed by atoms with Gasteiger partial charge in [0.2, 0.25) is 0 Å². The number of aliphatic hydroxyl groups excluding tert-OH is 2. The second-order valence-corrected chi connectivity index (χ2v) is 6.22. The van der Waals surface area contributed by atoms with Crippen molar-refractivity contribution >= 4 is 17.3 Å². The van der Waals surface area contributed by atoms with Crippen LogP contribution in [0.5, 0.6) is 0 Å². The predicted molar refractivity (Wildman–Crippen MR) is 99.4 cm³/mol. The number of hydrogen-bond donors (Lipinski definition) is 4. The summed E-state index contributed by atoms with van der Waals surface area (Å²) < 4.78 is 0. The third-order valence-electron chi connectivity index (χ3n) is 3.85. The molecule has 0 aromatic heterocycles. The molecule has 0 aliphatic rings. The van der Waals surface area contributed by atoms with Crippen LogP contribution in [0.25, 0.3) is 0 Å². The third-order valence-corrected chi connectivity index (χ3v) is 4.11. The zero-order valence-corrected chi connectivity index (χ0v) is 14.8. The molecule has 0 spiro atoms. The smallest absolute Gasteiger partial charge is 0.166 e. The molecule has 0 bridgehead atoms. The summed E-state index contributed by atoms with van der Waals surface area (Å²) in [5.41, 5.74) is 0.762. The van der Waals surface area contributed by atoms with Gasteiger partial charge < -0.3 is 20.8 Å². The molecule has 23 heavy (non-hydrogen) atoms. The van der Waals surface area contributed by atoms with E-state index in [4.69, 9.17) is 12.2 Å². The van der Waals surface area contributed by atoms with Crippen molar-refractivity contribution in [1.29, 1.82) is 0 Å². The van der Waals surface area contributed by atoms with Gasteiger partial charge in [0, 0.05) is 6.54 Å². The highest BCUT2D eigenvalue weighted by Gasteiger charge is 2.20. The Morgan fingerprint density at radius 3 is 2.39 bits per heavy atom. The molecule has 0 aliphatic heterocycles. The zero-order chi connectivity index (χ0) is 16.9. The Kier molecular flexibility index (Phi) is 10.6. The monoisotopic (exact) mass is 338 g/mol. The van der Waals surface area contributed by atoms with E-state index in [0.717, 1.165) is 18.5 Å². The summed E-state index contributed by atoms with van der Waals surface area (Å²) in [6.45, 7) is 2.85. The van der Waals surface area contributed by atoms with Crippen molar-refractivity contribution in [3.8, 4) is 0 Å². The van der Waals surface area contributed by atoms with E-state index in [1.165, 1.54) is 32.1 Å². The summed E-state index contributed by atoms with van der Waals surface area (Å²) >= 11 is 5.24. The lowest BCUT2D eigenvalue weighted by molar-refractivity contribution is 0.0997. The lowest BCUT2D eigenvalue weighted by Crippen LogP contribution is -2.46. The molecule has 2 unspecified atom stereocenters. The van der Waals surface area contributed by atoms with Gasteiger partial charge in [0.1, 0.15) is 6.10 Å². The summed E-state index contributed by atoms with van der Waals surface area (Å²) in [5.74, 6) is 0. The zero-order valence-electron chi connectivity index (χ0n) is 14.0. The summed E-state index contributed by atoms with van der Waals surface area (Å²) in [6.07, 6.45) is 6.62. The summed E-state index contributed by atoms with van der Waals surface area (Å²) in [7, 11) is 0. The van der Waals surface area contributed by atoms with Gasteiger partial charge in [-0.15, -0.1) is 0 Å². The fourth-order valence-electron chi connectivity index (χ4n) is 2.43. The van der Waals surface area contributed by atoms with Crippen LogP contribution in [-0.2, 0) is 0 Å². The Hall–Kier alpha value is -1.17. The van der Waals surface area contributed by atoms with Crippen LogP contribution in [0.3, 0.4) is 0 Å². The first-order valence-corrected chi connectivity index (χ1v) is 8.98. The fourth-order valence-corrected chi connectivity index (χ4v) is 2.69. The van der Waals surface area contributed by atoms with Gasteiger partial charge in [0.05, 0.1) is 12.6 Å². The minimum absolute atomic E-state index is 0.186. The van der Waals surface area contributed by atoms with E-state index in [2.05, 4.69) is 17.6 Å². The molecule has 5 heteroatoms. The number of thiocarbonyl (C=S) groups is 1. The highest BCUT2D eigenvalue weighted by atomic mass is 32.1. The highest BCUT2D eigenvalue weighted by molar-refractivity contribution is 7.80. The standard InChI is InChI=1S/C18H30N2O2S/c1-2-3-4-5-6-10-13-19-18(23)20-16(14-21)17(22)15-11-8-7-9-12-15/h7-9,11-12,16-17,21-22H,2-6,10,13-14H2,1H3,(H2,19,20,23). The van der Waals surface area contributed by atoms with E-state index >= 15 is 0 Å². The second kappa shape index (κ2) is 12.3. The topological polar surface area (TPSA) is 64.5 Å². The Bertz CT molecular complexity index is 428. The molecule has 1 aromatic carbocycles. The van der Waals surface area contributed by atoms with Crippen LogP contribution in [0, 0.1) is 0 Å². The molecule has 0 amide bonds. The Morgan fingerprint density at radius 1 is 1.09 bits per heavy atom. The summed E-state index contributed by atoms with van der Waals surface area (Å²) in [4.78, 5) is 0. The van der Waals surface area contributed by atoms with E-state index in [-0.39, 0.29) is 6.61 Å². The van der Waals surface area contributed by atoms with Crippen LogP contribution < -0.4 is 10.6 Å². The average molecular weight is 339 g/mol. The third kappa shape index (κ3) is 8.30. The van der Waals surface area contributed by atoms with E-state index in [1.54, 1.807) is 0 Å². The van der Waals surface area contributed by atoms with Crippen LogP contribution in [0.2, 0.25) is 0 Å². The van der Waals surface area contributed by atoms with Crippen molar-refractivity contribution in [1.82, 2.24) is 10.6 Å². The van der Waals surface area contributed by atoms with Crippen molar-refractivity contribution < 1.29 is 10.2 Å². The maximum Gasteiger partial charge on any atom is 0.166 e. The molecule has 0 aliphatic carbocycles. The number of nitrogens with one attached hydrogen (secondary N) is 2. The first kappa shape index (κ1) is 19.9. The first-order valence-electron chi connectivity index (χ1n) is 8.57. The number of benzene rings is 1. The normalized spacial score (nSPS) is 13.3. The molecular weight excluding hydrogens is 308 g/mol. The average Bonchev–Trinajstić information content (AvgIpc) is 2.59. The molecule has 130 valence electrons. The van der Waals surface area contributed by atoms with Crippen molar-refractivity contribution in [2.24, 2.45) is 0 Å². The quantitative estimate of drug-likeness (QED) is 0.369. The van der Waals surface area contributed by atoms with Gasteiger partial charge in [-0.1, -0.05) is 69.4 Å². The van der Waals surface area contributed by atoms with Crippen molar-refractivity contribution in [3.63, 3.8) is 0 Å². The fraction of sp³-hybridized carbons (Fsp3) is 0.611. The highest BCUT2D eigenvalue weighted by Crippen LogP contribution is 2.16. The minimum Gasteiger partial charge on any atom is -0.394 e. The van der Waals surface area contributed by atoms with Gasteiger partial charge in [-0.25, -0.2) is 0 Å². The maximum atomic E-state index is 10.3.